The second-order valence-electron chi connectivity index (χ2n) is 6.98. The average molecular weight is 430 g/mol. The number of aromatic nitrogens is 2. The van der Waals surface area contributed by atoms with Crippen molar-refractivity contribution in [3.63, 3.8) is 0 Å². The largest absolute Gasteiger partial charge is 0.496 e. The summed E-state index contributed by atoms with van der Waals surface area (Å²) in [7, 11) is 2.64. The highest BCUT2D eigenvalue weighted by molar-refractivity contribution is 5.83. The molecule has 1 aromatic heterocycles. The number of esters is 1. The SMILES string of the molecule is COC(=O)C1(Oc2cc(-c3ccc(F)cc3OC)nc(-c3ccc(F)c(F)c3)n2)CC1. The minimum absolute atomic E-state index is 0.0263. The van der Waals surface area contributed by atoms with Crippen LogP contribution >= 0.6 is 0 Å². The maximum atomic E-state index is 13.8. The Balaban J connectivity index is 1.85. The molecule has 0 saturated heterocycles. The van der Waals surface area contributed by atoms with Gasteiger partial charge in [0.05, 0.1) is 19.9 Å². The van der Waals surface area contributed by atoms with Crippen LogP contribution in [0.15, 0.2) is 42.5 Å². The van der Waals surface area contributed by atoms with Gasteiger partial charge in [-0.2, -0.15) is 4.98 Å². The second kappa shape index (κ2) is 7.90. The molecule has 1 saturated carbocycles. The van der Waals surface area contributed by atoms with Crippen LogP contribution in [-0.4, -0.2) is 35.8 Å². The van der Waals surface area contributed by atoms with Crippen molar-refractivity contribution < 1.29 is 32.2 Å². The molecular formula is C22H17F3N2O4. The molecule has 0 amide bonds. The zero-order chi connectivity index (χ0) is 22.2. The lowest BCUT2D eigenvalue weighted by atomic mass is 10.1. The van der Waals surface area contributed by atoms with Gasteiger partial charge in [0.25, 0.3) is 0 Å². The van der Waals surface area contributed by atoms with Crippen molar-refractivity contribution in [2.45, 2.75) is 18.4 Å². The highest BCUT2D eigenvalue weighted by Crippen LogP contribution is 2.42. The third kappa shape index (κ3) is 4.03. The standard InChI is InChI=1S/C22H17F3N2O4/c1-29-18-10-13(23)4-5-14(18)17-11-19(31-22(7-8-22)21(28)30-2)27-20(26-17)12-3-6-15(24)16(25)9-12/h3-6,9-11H,7-8H2,1-2H3. The van der Waals surface area contributed by atoms with E-state index in [9.17, 15) is 18.0 Å². The van der Waals surface area contributed by atoms with Crippen molar-refractivity contribution in [3.05, 3.63) is 59.9 Å². The van der Waals surface area contributed by atoms with Gasteiger partial charge in [0.15, 0.2) is 17.5 Å². The van der Waals surface area contributed by atoms with Gasteiger partial charge in [0, 0.05) is 36.1 Å². The molecule has 1 aliphatic carbocycles. The first-order valence-electron chi connectivity index (χ1n) is 9.31. The third-order valence-corrected chi connectivity index (χ3v) is 4.88. The first-order valence-corrected chi connectivity index (χ1v) is 9.31. The minimum atomic E-state index is -1.15. The summed E-state index contributed by atoms with van der Waals surface area (Å²) in [6.07, 6.45) is 0.888. The summed E-state index contributed by atoms with van der Waals surface area (Å²) in [5, 5.41) is 0. The van der Waals surface area contributed by atoms with Gasteiger partial charge < -0.3 is 14.2 Å². The second-order valence-corrected chi connectivity index (χ2v) is 6.98. The lowest BCUT2D eigenvalue weighted by Gasteiger charge is -2.17. The van der Waals surface area contributed by atoms with E-state index in [0.29, 0.717) is 18.4 Å². The molecule has 160 valence electrons. The van der Waals surface area contributed by atoms with Gasteiger partial charge in [-0.3, -0.25) is 0 Å². The molecule has 0 aliphatic heterocycles. The van der Waals surface area contributed by atoms with E-state index in [1.165, 1.54) is 44.6 Å². The Labute approximate surface area is 175 Å². The number of carbonyl (C=O) groups excluding carboxylic acids is 1. The summed E-state index contributed by atoms with van der Waals surface area (Å²) in [6.45, 7) is 0. The van der Waals surface area contributed by atoms with Crippen molar-refractivity contribution in [1.29, 1.82) is 0 Å². The molecule has 2 aromatic carbocycles. The predicted molar refractivity (Wildman–Crippen MR) is 104 cm³/mol. The number of carbonyl (C=O) groups is 1. The molecule has 0 N–H and O–H groups in total. The van der Waals surface area contributed by atoms with E-state index in [-0.39, 0.29) is 28.7 Å². The van der Waals surface area contributed by atoms with Crippen LogP contribution in [0.1, 0.15) is 12.8 Å². The Hall–Kier alpha value is -3.62. The summed E-state index contributed by atoms with van der Waals surface area (Å²) in [5.41, 5.74) is -0.266. The molecule has 0 unspecified atom stereocenters. The highest BCUT2D eigenvalue weighted by Gasteiger charge is 2.54. The molecule has 0 spiro atoms. The lowest BCUT2D eigenvalue weighted by molar-refractivity contribution is -0.151. The molecule has 0 bridgehead atoms. The van der Waals surface area contributed by atoms with Gasteiger partial charge in [-0.25, -0.2) is 22.9 Å². The first-order chi connectivity index (χ1) is 14.8. The van der Waals surface area contributed by atoms with E-state index in [1.807, 2.05) is 0 Å². The van der Waals surface area contributed by atoms with E-state index < -0.39 is 29.0 Å². The summed E-state index contributed by atoms with van der Waals surface area (Å²) in [4.78, 5) is 20.8. The van der Waals surface area contributed by atoms with E-state index in [4.69, 9.17) is 14.2 Å². The molecule has 4 rings (SSSR count). The number of hydrogen-bond acceptors (Lipinski definition) is 6. The Morgan fingerprint density at radius 2 is 1.74 bits per heavy atom. The van der Waals surface area contributed by atoms with Crippen LogP contribution in [0.3, 0.4) is 0 Å². The molecule has 6 nitrogen and oxygen atoms in total. The number of ether oxygens (including phenoxy) is 3. The van der Waals surface area contributed by atoms with E-state index in [2.05, 4.69) is 9.97 Å². The van der Waals surface area contributed by atoms with Gasteiger partial charge in [-0.1, -0.05) is 0 Å². The fraction of sp³-hybridized carbons (Fsp3) is 0.227. The Bertz CT molecular complexity index is 1170. The molecule has 9 heteroatoms. The molecule has 1 fully saturated rings. The molecule has 31 heavy (non-hydrogen) atoms. The quantitative estimate of drug-likeness (QED) is 0.543. The Kier molecular flexibility index (Phi) is 5.26. The van der Waals surface area contributed by atoms with Gasteiger partial charge in [-0.15, -0.1) is 0 Å². The molecule has 0 atom stereocenters. The van der Waals surface area contributed by atoms with Crippen molar-refractivity contribution in [2.24, 2.45) is 0 Å². The molecule has 0 radical (unpaired) electrons. The summed E-state index contributed by atoms with van der Waals surface area (Å²) in [6, 6.07) is 8.56. The average Bonchev–Trinajstić information content (AvgIpc) is 3.55. The molecule has 1 heterocycles. The maximum absolute atomic E-state index is 13.8. The molecule has 1 aliphatic rings. The number of benzene rings is 2. The molecule has 3 aromatic rings. The van der Waals surface area contributed by atoms with Crippen LogP contribution < -0.4 is 9.47 Å². The Morgan fingerprint density at radius 3 is 2.39 bits per heavy atom. The van der Waals surface area contributed by atoms with Gasteiger partial charge in [0.1, 0.15) is 11.6 Å². The van der Waals surface area contributed by atoms with Gasteiger partial charge in [0.2, 0.25) is 11.5 Å². The van der Waals surface area contributed by atoms with Crippen LogP contribution in [0.5, 0.6) is 11.6 Å². The Morgan fingerprint density at radius 1 is 0.968 bits per heavy atom. The topological polar surface area (TPSA) is 70.5 Å². The van der Waals surface area contributed by atoms with Gasteiger partial charge >= 0.3 is 5.97 Å². The van der Waals surface area contributed by atoms with Crippen LogP contribution in [0, 0.1) is 17.5 Å². The minimum Gasteiger partial charge on any atom is -0.496 e. The summed E-state index contributed by atoms with van der Waals surface area (Å²) >= 11 is 0. The fourth-order valence-corrected chi connectivity index (χ4v) is 3.10. The van der Waals surface area contributed by atoms with Crippen molar-refractivity contribution in [2.75, 3.05) is 14.2 Å². The fourth-order valence-electron chi connectivity index (χ4n) is 3.10. The van der Waals surface area contributed by atoms with Crippen molar-refractivity contribution >= 4 is 5.97 Å². The summed E-state index contributed by atoms with van der Waals surface area (Å²) < 4.78 is 56.7. The lowest BCUT2D eigenvalue weighted by Crippen LogP contribution is -2.31. The number of nitrogens with zero attached hydrogens (tertiary/aromatic N) is 2. The van der Waals surface area contributed by atoms with Crippen LogP contribution in [0.2, 0.25) is 0 Å². The van der Waals surface area contributed by atoms with Crippen molar-refractivity contribution in [1.82, 2.24) is 9.97 Å². The van der Waals surface area contributed by atoms with Gasteiger partial charge in [-0.05, 0) is 30.3 Å². The highest BCUT2D eigenvalue weighted by atomic mass is 19.2. The predicted octanol–water partition coefficient (Wildman–Crippen LogP) is 4.32. The number of rotatable bonds is 6. The van der Waals surface area contributed by atoms with Crippen LogP contribution in [-0.2, 0) is 9.53 Å². The van der Waals surface area contributed by atoms with E-state index in [1.54, 1.807) is 0 Å². The monoisotopic (exact) mass is 430 g/mol. The van der Waals surface area contributed by atoms with E-state index >= 15 is 0 Å². The van der Waals surface area contributed by atoms with E-state index in [0.717, 1.165) is 12.1 Å². The first kappa shape index (κ1) is 20.6. The van der Waals surface area contributed by atoms with Crippen molar-refractivity contribution in [3.8, 4) is 34.3 Å². The number of methoxy groups -OCH3 is 2. The smallest absolute Gasteiger partial charge is 0.350 e. The number of halogens is 3. The normalized spacial score (nSPS) is 14.1. The number of hydrogen-bond donors (Lipinski definition) is 0. The maximum Gasteiger partial charge on any atom is 0.350 e. The zero-order valence-electron chi connectivity index (χ0n) is 16.6. The third-order valence-electron chi connectivity index (χ3n) is 4.88. The van der Waals surface area contributed by atoms with Crippen LogP contribution in [0.25, 0.3) is 22.6 Å². The zero-order valence-corrected chi connectivity index (χ0v) is 16.6. The van der Waals surface area contributed by atoms with Crippen LogP contribution in [0.4, 0.5) is 13.2 Å². The molecular weight excluding hydrogens is 413 g/mol. The summed E-state index contributed by atoms with van der Waals surface area (Å²) in [5.74, 6) is -2.87.